The molecule has 6 heteroatoms. The van der Waals surface area contributed by atoms with Crippen LogP contribution in [-0.2, 0) is 6.54 Å². The lowest BCUT2D eigenvalue weighted by Gasteiger charge is -2.11. The number of nitrogens with one attached hydrogen (secondary N) is 1. The van der Waals surface area contributed by atoms with E-state index in [1.54, 1.807) is 12.3 Å². The maximum Gasteiger partial charge on any atom is 0.183 e. The summed E-state index contributed by atoms with van der Waals surface area (Å²) < 4.78 is 19.1. The van der Waals surface area contributed by atoms with Crippen molar-refractivity contribution in [3.05, 3.63) is 39.6 Å². The molecular formula is C12H12ClFN2OS. The summed E-state index contributed by atoms with van der Waals surface area (Å²) in [5.74, 6) is 0.331. The van der Waals surface area contributed by atoms with Gasteiger partial charge in [-0.15, -0.1) is 11.3 Å². The van der Waals surface area contributed by atoms with E-state index in [0.29, 0.717) is 29.1 Å². The van der Waals surface area contributed by atoms with Gasteiger partial charge in [0.2, 0.25) is 0 Å². The SMILES string of the molecule is CCOc1ccc(F)cc1NCc1cnc(Cl)s1. The molecule has 0 aliphatic rings. The lowest BCUT2D eigenvalue weighted by atomic mass is 10.2. The Morgan fingerprint density at radius 3 is 3.00 bits per heavy atom. The number of hydrogen-bond donors (Lipinski definition) is 1. The fourth-order valence-electron chi connectivity index (χ4n) is 1.47. The van der Waals surface area contributed by atoms with Crippen LogP contribution in [0, 0.1) is 5.82 Å². The third-order valence-corrected chi connectivity index (χ3v) is 3.33. The zero-order chi connectivity index (χ0) is 13.0. The second-order valence-corrected chi connectivity index (χ2v) is 5.20. The van der Waals surface area contributed by atoms with Gasteiger partial charge in [-0.05, 0) is 19.1 Å². The molecule has 1 N–H and O–H groups in total. The first-order chi connectivity index (χ1) is 8.69. The van der Waals surface area contributed by atoms with Gasteiger partial charge in [0.1, 0.15) is 11.6 Å². The third kappa shape index (κ3) is 3.34. The van der Waals surface area contributed by atoms with E-state index in [1.807, 2.05) is 6.92 Å². The summed E-state index contributed by atoms with van der Waals surface area (Å²) in [4.78, 5) is 4.92. The van der Waals surface area contributed by atoms with Gasteiger partial charge in [0.05, 0.1) is 18.8 Å². The van der Waals surface area contributed by atoms with Crippen molar-refractivity contribution in [2.24, 2.45) is 0 Å². The Balaban J connectivity index is 2.09. The highest BCUT2D eigenvalue weighted by Gasteiger charge is 2.06. The van der Waals surface area contributed by atoms with E-state index >= 15 is 0 Å². The average molecular weight is 287 g/mol. The standard InChI is InChI=1S/C12H12ClFN2OS/c1-2-17-11-4-3-8(14)5-10(11)15-6-9-7-16-12(13)18-9/h3-5,7,15H,2,6H2,1H3. The summed E-state index contributed by atoms with van der Waals surface area (Å²) in [7, 11) is 0. The van der Waals surface area contributed by atoms with E-state index in [2.05, 4.69) is 10.3 Å². The molecule has 0 fully saturated rings. The molecule has 0 saturated heterocycles. The molecule has 0 amide bonds. The van der Waals surface area contributed by atoms with Crippen LogP contribution in [-0.4, -0.2) is 11.6 Å². The first-order valence-electron chi connectivity index (χ1n) is 5.45. The molecule has 0 aliphatic carbocycles. The molecular weight excluding hydrogens is 275 g/mol. The minimum atomic E-state index is -0.303. The molecule has 0 spiro atoms. The molecule has 0 bridgehead atoms. The quantitative estimate of drug-likeness (QED) is 0.904. The summed E-state index contributed by atoms with van der Waals surface area (Å²) in [6.45, 7) is 2.96. The molecule has 96 valence electrons. The maximum absolute atomic E-state index is 13.2. The predicted molar refractivity (Wildman–Crippen MR) is 72.0 cm³/mol. The molecule has 0 radical (unpaired) electrons. The normalized spacial score (nSPS) is 10.4. The van der Waals surface area contributed by atoms with Crippen LogP contribution in [0.25, 0.3) is 0 Å². The van der Waals surface area contributed by atoms with E-state index in [0.717, 1.165) is 4.88 Å². The fourth-order valence-corrected chi connectivity index (χ4v) is 2.39. The van der Waals surface area contributed by atoms with Gasteiger partial charge in [0, 0.05) is 17.1 Å². The van der Waals surface area contributed by atoms with Crippen molar-refractivity contribution in [3.63, 3.8) is 0 Å². The Bertz CT molecular complexity index is 533. The predicted octanol–water partition coefficient (Wildman–Crippen LogP) is 3.95. The number of halogens is 2. The van der Waals surface area contributed by atoms with Gasteiger partial charge >= 0.3 is 0 Å². The number of benzene rings is 1. The number of aromatic nitrogens is 1. The van der Waals surface area contributed by atoms with Gasteiger partial charge in [-0.3, -0.25) is 0 Å². The molecule has 0 unspecified atom stereocenters. The zero-order valence-electron chi connectivity index (χ0n) is 9.74. The number of hydrogen-bond acceptors (Lipinski definition) is 4. The number of ether oxygens (including phenoxy) is 1. The average Bonchev–Trinajstić information content (AvgIpc) is 2.76. The minimum Gasteiger partial charge on any atom is -0.492 e. The second kappa shape index (κ2) is 6.02. The van der Waals surface area contributed by atoms with Crippen LogP contribution in [0.2, 0.25) is 4.47 Å². The van der Waals surface area contributed by atoms with Crippen LogP contribution < -0.4 is 10.1 Å². The molecule has 1 heterocycles. The molecule has 1 aromatic heterocycles. The van der Waals surface area contributed by atoms with E-state index in [-0.39, 0.29) is 5.82 Å². The highest BCUT2D eigenvalue weighted by molar-refractivity contribution is 7.15. The molecule has 18 heavy (non-hydrogen) atoms. The maximum atomic E-state index is 13.2. The minimum absolute atomic E-state index is 0.303. The van der Waals surface area contributed by atoms with Gasteiger partial charge in [-0.25, -0.2) is 9.37 Å². The van der Waals surface area contributed by atoms with Gasteiger partial charge in [-0.2, -0.15) is 0 Å². The van der Waals surface area contributed by atoms with Crippen molar-refractivity contribution in [2.45, 2.75) is 13.5 Å². The first-order valence-corrected chi connectivity index (χ1v) is 6.65. The number of thiazole rings is 1. The Morgan fingerprint density at radius 2 is 2.33 bits per heavy atom. The van der Waals surface area contributed by atoms with Crippen LogP contribution in [0.4, 0.5) is 10.1 Å². The third-order valence-electron chi connectivity index (χ3n) is 2.22. The highest BCUT2D eigenvalue weighted by Crippen LogP contribution is 2.27. The Kier molecular flexibility index (Phi) is 4.38. The van der Waals surface area contributed by atoms with Crippen molar-refractivity contribution in [1.82, 2.24) is 4.98 Å². The van der Waals surface area contributed by atoms with E-state index in [4.69, 9.17) is 16.3 Å². The van der Waals surface area contributed by atoms with Gasteiger partial charge in [-0.1, -0.05) is 11.6 Å². The van der Waals surface area contributed by atoms with Crippen LogP contribution in [0.5, 0.6) is 5.75 Å². The molecule has 0 atom stereocenters. The largest absolute Gasteiger partial charge is 0.492 e. The Labute approximate surface area is 114 Å². The van der Waals surface area contributed by atoms with Crippen molar-refractivity contribution >= 4 is 28.6 Å². The van der Waals surface area contributed by atoms with Crippen LogP contribution in [0.1, 0.15) is 11.8 Å². The Hall–Kier alpha value is -1.33. The van der Waals surface area contributed by atoms with Crippen LogP contribution >= 0.6 is 22.9 Å². The fraction of sp³-hybridized carbons (Fsp3) is 0.250. The monoisotopic (exact) mass is 286 g/mol. The van der Waals surface area contributed by atoms with E-state index in [9.17, 15) is 4.39 Å². The van der Waals surface area contributed by atoms with Gasteiger partial charge in [0.15, 0.2) is 4.47 Å². The van der Waals surface area contributed by atoms with Crippen LogP contribution in [0.15, 0.2) is 24.4 Å². The van der Waals surface area contributed by atoms with Crippen molar-refractivity contribution in [2.75, 3.05) is 11.9 Å². The second-order valence-electron chi connectivity index (χ2n) is 3.51. The summed E-state index contributed by atoms with van der Waals surface area (Å²) in [5, 5.41) is 3.12. The zero-order valence-corrected chi connectivity index (χ0v) is 11.3. The topological polar surface area (TPSA) is 34.1 Å². The molecule has 2 aromatic rings. The number of nitrogens with zero attached hydrogens (tertiary/aromatic N) is 1. The van der Waals surface area contributed by atoms with Gasteiger partial charge < -0.3 is 10.1 Å². The van der Waals surface area contributed by atoms with Gasteiger partial charge in [0.25, 0.3) is 0 Å². The lowest BCUT2D eigenvalue weighted by Crippen LogP contribution is -2.02. The molecule has 2 rings (SSSR count). The summed E-state index contributed by atoms with van der Waals surface area (Å²) in [6, 6.07) is 4.40. The summed E-state index contributed by atoms with van der Waals surface area (Å²) in [5.41, 5.74) is 0.626. The number of rotatable bonds is 5. The molecule has 0 aliphatic heterocycles. The lowest BCUT2D eigenvalue weighted by molar-refractivity contribution is 0.341. The smallest absolute Gasteiger partial charge is 0.183 e. The van der Waals surface area contributed by atoms with Crippen molar-refractivity contribution < 1.29 is 9.13 Å². The Morgan fingerprint density at radius 1 is 1.50 bits per heavy atom. The van der Waals surface area contributed by atoms with Crippen LogP contribution in [0.3, 0.4) is 0 Å². The van der Waals surface area contributed by atoms with E-state index < -0.39 is 0 Å². The molecule has 3 nitrogen and oxygen atoms in total. The highest BCUT2D eigenvalue weighted by atomic mass is 35.5. The summed E-state index contributed by atoms with van der Waals surface area (Å²) in [6.07, 6.45) is 1.69. The molecule has 0 saturated carbocycles. The van der Waals surface area contributed by atoms with Crippen molar-refractivity contribution in [3.8, 4) is 5.75 Å². The van der Waals surface area contributed by atoms with Crippen molar-refractivity contribution in [1.29, 1.82) is 0 Å². The van der Waals surface area contributed by atoms with E-state index in [1.165, 1.54) is 23.5 Å². The summed E-state index contributed by atoms with van der Waals surface area (Å²) >= 11 is 7.13. The first kappa shape index (κ1) is 13.1. The molecule has 1 aromatic carbocycles. The number of anilines is 1.